The number of carbonyl (C=O) groups excluding carboxylic acids is 1. The Morgan fingerprint density at radius 1 is 1.25 bits per heavy atom. The highest BCUT2D eigenvalue weighted by atomic mass is 35.5. The van der Waals surface area contributed by atoms with E-state index in [4.69, 9.17) is 16.3 Å². The van der Waals surface area contributed by atoms with Crippen molar-refractivity contribution < 1.29 is 9.53 Å². The van der Waals surface area contributed by atoms with E-state index in [1.165, 1.54) is 16.9 Å². The molecule has 0 bridgehead atoms. The second kappa shape index (κ2) is 7.64. The van der Waals surface area contributed by atoms with E-state index in [1.807, 2.05) is 6.07 Å². The molecule has 3 aromatic rings. The molecule has 1 amide bonds. The fourth-order valence-electron chi connectivity index (χ4n) is 2.22. The molecule has 0 radical (unpaired) electrons. The third kappa shape index (κ3) is 4.24. The molecule has 0 saturated carbocycles. The van der Waals surface area contributed by atoms with Gasteiger partial charge in [-0.3, -0.25) is 4.79 Å². The Kier molecular flexibility index (Phi) is 5.33. The third-order valence-electron chi connectivity index (χ3n) is 3.52. The number of benzene rings is 2. The molecule has 0 saturated heterocycles. The average Bonchev–Trinajstić information content (AvgIpc) is 2.97. The van der Waals surface area contributed by atoms with Gasteiger partial charge in [-0.2, -0.15) is 0 Å². The fraction of sp³-hybridized carbons (Fsp3) is 0.222. The second-order valence-electron chi connectivity index (χ2n) is 5.28. The lowest BCUT2D eigenvalue weighted by molar-refractivity contribution is -0.116. The van der Waals surface area contributed by atoms with Gasteiger partial charge in [-0.1, -0.05) is 35.9 Å². The predicted molar refractivity (Wildman–Crippen MR) is 99.2 cm³/mol. The van der Waals surface area contributed by atoms with Crippen molar-refractivity contribution in [1.29, 1.82) is 0 Å². The Hall–Kier alpha value is -2.11. The number of nitrogens with zero attached hydrogens (tertiary/aromatic N) is 1. The lowest BCUT2D eigenvalue weighted by Gasteiger charge is -2.05. The number of aryl methyl sites for hydroxylation is 1. The number of hydrogen-bond acceptors (Lipinski definition) is 4. The second-order valence-corrected chi connectivity index (χ2v) is 6.74. The van der Waals surface area contributed by atoms with Gasteiger partial charge in [-0.25, -0.2) is 4.98 Å². The molecule has 4 nitrogen and oxygen atoms in total. The average molecular weight is 361 g/mol. The Morgan fingerprint density at radius 2 is 2.04 bits per heavy atom. The minimum absolute atomic E-state index is 0.112. The minimum Gasteiger partial charge on any atom is -0.493 e. The summed E-state index contributed by atoms with van der Waals surface area (Å²) in [6.45, 7) is 2.42. The van der Waals surface area contributed by atoms with Crippen LogP contribution in [0.2, 0.25) is 5.02 Å². The van der Waals surface area contributed by atoms with Crippen LogP contribution in [0.5, 0.6) is 5.75 Å². The molecule has 2 aromatic carbocycles. The van der Waals surface area contributed by atoms with E-state index in [-0.39, 0.29) is 12.3 Å². The van der Waals surface area contributed by atoms with Crippen LogP contribution < -0.4 is 10.1 Å². The molecule has 6 heteroatoms. The van der Waals surface area contributed by atoms with Crippen molar-refractivity contribution in [3.63, 3.8) is 0 Å². The first-order valence-corrected chi connectivity index (χ1v) is 8.91. The molecule has 3 rings (SSSR count). The van der Waals surface area contributed by atoms with Gasteiger partial charge in [0, 0.05) is 5.02 Å². The molecule has 0 aliphatic carbocycles. The molecular formula is C18H17ClN2O2S. The molecule has 0 aliphatic heterocycles. The third-order valence-corrected chi connectivity index (χ3v) is 4.70. The Labute approximate surface area is 149 Å². The van der Waals surface area contributed by atoms with E-state index in [0.29, 0.717) is 22.5 Å². The Morgan fingerprint density at radius 3 is 2.79 bits per heavy atom. The van der Waals surface area contributed by atoms with Gasteiger partial charge in [0.2, 0.25) is 5.91 Å². The maximum atomic E-state index is 12.0. The van der Waals surface area contributed by atoms with Gasteiger partial charge in [-0.05, 0) is 48.4 Å². The zero-order valence-electron chi connectivity index (χ0n) is 13.2. The van der Waals surface area contributed by atoms with Gasteiger partial charge >= 0.3 is 0 Å². The summed E-state index contributed by atoms with van der Waals surface area (Å²) >= 11 is 7.30. The number of thiazole rings is 1. The molecule has 1 aromatic heterocycles. The van der Waals surface area contributed by atoms with Crippen LogP contribution in [-0.2, 0) is 11.2 Å². The van der Waals surface area contributed by atoms with Crippen molar-refractivity contribution in [3.8, 4) is 5.75 Å². The van der Waals surface area contributed by atoms with Crippen LogP contribution in [0, 0.1) is 0 Å². The molecule has 1 N–H and O–H groups in total. The SMILES string of the molecule is CCc1ccc2nc(NC(=O)CCOc3ccc(Cl)cc3)sc2c1. The summed E-state index contributed by atoms with van der Waals surface area (Å²) < 4.78 is 6.61. The monoisotopic (exact) mass is 360 g/mol. The molecule has 24 heavy (non-hydrogen) atoms. The van der Waals surface area contributed by atoms with Crippen LogP contribution in [-0.4, -0.2) is 17.5 Å². The summed E-state index contributed by atoms with van der Waals surface area (Å²) in [6.07, 6.45) is 1.25. The number of aromatic nitrogens is 1. The van der Waals surface area contributed by atoms with Crippen molar-refractivity contribution in [2.45, 2.75) is 19.8 Å². The smallest absolute Gasteiger partial charge is 0.229 e. The number of fused-ring (bicyclic) bond motifs is 1. The Balaban J connectivity index is 1.53. The van der Waals surface area contributed by atoms with E-state index < -0.39 is 0 Å². The Bertz CT molecular complexity index is 846. The van der Waals surface area contributed by atoms with Crippen molar-refractivity contribution >= 4 is 44.2 Å². The normalized spacial score (nSPS) is 10.8. The van der Waals surface area contributed by atoms with E-state index >= 15 is 0 Å². The van der Waals surface area contributed by atoms with E-state index in [2.05, 4.69) is 29.4 Å². The predicted octanol–water partition coefficient (Wildman–Crippen LogP) is 4.92. The largest absolute Gasteiger partial charge is 0.493 e. The van der Waals surface area contributed by atoms with Crippen LogP contribution in [0.1, 0.15) is 18.9 Å². The number of ether oxygens (including phenoxy) is 1. The maximum Gasteiger partial charge on any atom is 0.229 e. The molecule has 124 valence electrons. The molecule has 0 atom stereocenters. The van der Waals surface area contributed by atoms with Gasteiger partial charge in [0.25, 0.3) is 0 Å². The lowest BCUT2D eigenvalue weighted by Crippen LogP contribution is -2.14. The highest BCUT2D eigenvalue weighted by Crippen LogP contribution is 2.27. The lowest BCUT2D eigenvalue weighted by atomic mass is 10.2. The summed E-state index contributed by atoms with van der Waals surface area (Å²) in [5.74, 6) is 0.581. The van der Waals surface area contributed by atoms with E-state index in [1.54, 1.807) is 24.3 Å². The highest BCUT2D eigenvalue weighted by Gasteiger charge is 2.08. The van der Waals surface area contributed by atoms with Crippen LogP contribution in [0.4, 0.5) is 5.13 Å². The number of rotatable bonds is 6. The number of anilines is 1. The first-order valence-electron chi connectivity index (χ1n) is 7.71. The number of amides is 1. The van der Waals surface area contributed by atoms with Crippen LogP contribution in [0.15, 0.2) is 42.5 Å². The first kappa shape index (κ1) is 16.7. The number of halogens is 1. The first-order chi connectivity index (χ1) is 11.6. The van der Waals surface area contributed by atoms with Gasteiger partial charge in [0.05, 0.1) is 23.2 Å². The van der Waals surface area contributed by atoms with E-state index in [9.17, 15) is 4.79 Å². The summed E-state index contributed by atoms with van der Waals surface area (Å²) in [7, 11) is 0. The molecule has 0 spiro atoms. The molecular weight excluding hydrogens is 344 g/mol. The van der Waals surface area contributed by atoms with Crippen LogP contribution in [0.25, 0.3) is 10.2 Å². The molecule has 0 aliphatic rings. The fourth-order valence-corrected chi connectivity index (χ4v) is 3.29. The van der Waals surface area contributed by atoms with Crippen molar-refractivity contribution in [1.82, 2.24) is 4.98 Å². The minimum atomic E-state index is -0.112. The zero-order valence-corrected chi connectivity index (χ0v) is 14.8. The highest BCUT2D eigenvalue weighted by molar-refractivity contribution is 7.22. The van der Waals surface area contributed by atoms with Crippen molar-refractivity contribution in [2.24, 2.45) is 0 Å². The number of nitrogens with one attached hydrogen (secondary N) is 1. The summed E-state index contributed by atoms with van der Waals surface area (Å²) in [6, 6.07) is 13.2. The summed E-state index contributed by atoms with van der Waals surface area (Å²) in [5, 5.41) is 4.11. The molecule has 0 fully saturated rings. The van der Waals surface area contributed by atoms with Crippen LogP contribution >= 0.6 is 22.9 Å². The topological polar surface area (TPSA) is 51.2 Å². The maximum absolute atomic E-state index is 12.0. The number of hydrogen-bond donors (Lipinski definition) is 1. The molecule has 0 unspecified atom stereocenters. The zero-order chi connectivity index (χ0) is 16.9. The molecule has 1 heterocycles. The summed E-state index contributed by atoms with van der Waals surface area (Å²) in [4.78, 5) is 16.4. The van der Waals surface area contributed by atoms with Gasteiger partial charge in [0.15, 0.2) is 5.13 Å². The van der Waals surface area contributed by atoms with Crippen LogP contribution in [0.3, 0.4) is 0 Å². The standard InChI is InChI=1S/C18H17ClN2O2S/c1-2-12-3-8-15-16(11-12)24-18(20-15)21-17(22)9-10-23-14-6-4-13(19)5-7-14/h3-8,11H,2,9-10H2,1H3,(H,20,21,22). The van der Waals surface area contributed by atoms with Crippen molar-refractivity contribution in [2.75, 3.05) is 11.9 Å². The van der Waals surface area contributed by atoms with Gasteiger partial charge in [-0.15, -0.1) is 0 Å². The number of carbonyl (C=O) groups is 1. The van der Waals surface area contributed by atoms with Gasteiger partial charge < -0.3 is 10.1 Å². The van der Waals surface area contributed by atoms with Gasteiger partial charge in [0.1, 0.15) is 5.75 Å². The van der Waals surface area contributed by atoms with Crippen molar-refractivity contribution in [3.05, 3.63) is 53.1 Å². The quantitative estimate of drug-likeness (QED) is 0.678. The van der Waals surface area contributed by atoms with E-state index in [0.717, 1.165) is 16.6 Å². The summed E-state index contributed by atoms with van der Waals surface area (Å²) in [5.41, 5.74) is 2.17.